The van der Waals surface area contributed by atoms with Crippen LogP contribution in [0.5, 0.6) is 0 Å². The highest BCUT2D eigenvalue weighted by atomic mass is 32.2. The zero-order valence-electron chi connectivity index (χ0n) is 20.4. The molecule has 3 aliphatic rings. The maximum Gasteiger partial charge on any atom is 0.243 e. The van der Waals surface area contributed by atoms with Gasteiger partial charge < -0.3 is 20.9 Å². The average Bonchev–Trinajstić information content (AvgIpc) is 3.48. The van der Waals surface area contributed by atoms with E-state index in [1.807, 2.05) is 44.3 Å². The topological polar surface area (TPSA) is 107 Å². The number of benzene rings is 2. The molecule has 0 saturated carbocycles. The lowest BCUT2D eigenvalue weighted by Gasteiger charge is -2.38. The second-order valence-corrected chi connectivity index (χ2v) is 11.7. The molecule has 8 nitrogen and oxygen atoms in total. The Morgan fingerprint density at radius 3 is 2.61 bits per heavy atom. The third kappa shape index (κ3) is 3.70. The molecule has 0 amide bonds. The van der Waals surface area contributed by atoms with Gasteiger partial charge in [0.15, 0.2) is 0 Å². The molecule has 36 heavy (non-hydrogen) atoms. The summed E-state index contributed by atoms with van der Waals surface area (Å²) in [6.45, 7) is 4.75. The monoisotopic (exact) mass is 502 g/mol. The molecule has 0 radical (unpaired) electrons. The standard InChI is InChI=1S/C27H30N6O2S/c1-17-7-8-18(2)23(15-17)36(34,35)32-12-9-19(10-13-32)27-31-24(25-26(28)29-11-14-33(25)27)22-16-20-5-3-4-6-21(20)30-22/h3-8,11,14-16,19,27,30-31H,9-10,12-13H2,1-2H3,(H2,28,29). The lowest BCUT2D eigenvalue weighted by atomic mass is 9.94. The van der Waals surface area contributed by atoms with Gasteiger partial charge >= 0.3 is 0 Å². The van der Waals surface area contributed by atoms with Gasteiger partial charge in [-0.3, -0.25) is 0 Å². The van der Waals surface area contributed by atoms with Crippen molar-refractivity contribution in [2.24, 2.45) is 16.6 Å². The van der Waals surface area contributed by atoms with E-state index in [1.54, 1.807) is 16.6 Å². The van der Waals surface area contributed by atoms with E-state index in [0.717, 1.165) is 52.0 Å². The Kier molecular flexibility index (Phi) is 5.42. The lowest BCUT2D eigenvalue weighted by Crippen LogP contribution is -2.48. The maximum absolute atomic E-state index is 13.4. The number of rotatable bonds is 4. The van der Waals surface area contributed by atoms with Gasteiger partial charge in [0.2, 0.25) is 10.0 Å². The van der Waals surface area contributed by atoms with Crippen molar-refractivity contribution in [2.45, 2.75) is 37.8 Å². The van der Waals surface area contributed by atoms with Crippen molar-refractivity contribution < 1.29 is 8.42 Å². The van der Waals surface area contributed by atoms with Crippen molar-refractivity contribution in [3.05, 3.63) is 83.4 Å². The summed E-state index contributed by atoms with van der Waals surface area (Å²) in [4.78, 5) is 10.4. The van der Waals surface area contributed by atoms with Crippen LogP contribution in [-0.4, -0.2) is 47.7 Å². The quantitative estimate of drug-likeness (QED) is 0.505. The Balaban J connectivity index is 1.24. The van der Waals surface area contributed by atoms with E-state index in [4.69, 9.17) is 5.73 Å². The molecule has 6 rings (SSSR count). The van der Waals surface area contributed by atoms with E-state index in [9.17, 15) is 8.42 Å². The number of piperidine rings is 1. The summed E-state index contributed by atoms with van der Waals surface area (Å²) in [7, 11) is -3.53. The zero-order chi connectivity index (χ0) is 25.0. The van der Waals surface area contributed by atoms with Crippen molar-refractivity contribution in [1.82, 2.24) is 19.5 Å². The number of aryl methyl sites for hydroxylation is 2. The van der Waals surface area contributed by atoms with Gasteiger partial charge in [-0.15, -0.1) is 0 Å². The molecule has 9 heteroatoms. The number of hydrogen-bond donors (Lipinski definition) is 3. The van der Waals surface area contributed by atoms with Crippen LogP contribution in [-0.2, 0) is 10.0 Å². The molecule has 1 unspecified atom stereocenters. The first kappa shape index (κ1) is 22.9. The number of sulfonamides is 1. The molecule has 1 saturated heterocycles. The number of amidine groups is 1. The molecular weight excluding hydrogens is 472 g/mol. The van der Waals surface area contributed by atoms with E-state index in [-0.39, 0.29) is 12.1 Å². The highest BCUT2D eigenvalue weighted by Gasteiger charge is 2.41. The molecule has 2 aromatic carbocycles. The minimum atomic E-state index is -3.53. The number of aromatic amines is 1. The third-order valence-corrected chi connectivity index (χ3v) is 9.52. The van der Waals surface area contributed by atoms with E-state index in [1.165, 1.54) is 0 Å². The number of nitrogens with zero attached hydrogens (tertiary/aromatic N) is 3. The van der Waals surface area contributed by atoms with Gasteiger partial charge in [-0.2, -0.15) is 4.31 Å². The van der Waals surface area contributed by atoms with Crippen molar-refractivity contribution in [2.75, 3.05) is 13.1 Å². The number of H-pyrrole nitrogens is 1. The Morgan fingerprint density at radius 2 is 1.83 bits per heavy atom. The Hall–Kier alpha value is -3.56. The predicted octanol–water partition coefficient (Wildman–Crippen LogP) is 3.63. The summed E-state index contributed by atoms with van der Waals surface area (Å²) in [6.07, 6.45) is 5.14. The molecular formula is C27H30N6O2S. The van der Waals surface area contributed by atoms with Crippen molar-refractivity contribution >= 4 is 32.5 Å². The maximum atomic E-state index is 13.4. The van der Waals surface area contributed by atoms with Gasteiger partial charge in [0.05, 0.1) is 16.3 Å². The molecule has 1 fully saturated rings. The van der Waals surface area contributed by atoms with Gasteiger partial charge in [0, 0.05) is 42.3 Å². The normalized spacial score (nSPS) is 21.1. The van der Waals surface area contributed by atoms with Crippen molar-refractivity contribution in [3.8, 4) is 0 Å². The SMILES string of the molecule is Cc1ccc(C)c(S(=O)(=O)N2CCC(C3NC(c4cc5ccccc5[nH]4)=C4C(N)=NC=CN43)CC2)c1. The van der Waals surface area contributed by atoms with Crippen LogP contribution in [0.15, 0.2) is 76.5 Å². The fraction of sp³-hybridized carbons (Fsp3) is 0.296. The molecule has 0 bridgehead atoms. The Labute approximate surface area is 211 Å². The van der Waals surface area contributed by atoms with Crippen LogP contribution in [0.3, 0.4) is 0 Å². The van der Waals surface area contributed by atoms with E-state index in [2.05, 4.69) is 38.4 Å². The zero-order valence-corrected chi connectivity index (χ0v) is 21.2. The molecule has 4 heterocycles. The fourth-order valence-corrected chi connectivity index (χ4v) is 7.32. The first-order valence-corrected chi connectivity index (χ1v) is 13.7. The van der Waals surface area contributed by atoms with Crippen LogP contribution in [0, 0.1) is 19.8 Å². The fourth-order valence-electron chi connectivity index (χ4n) is 5.54. The molecule has 4 N–H and O–H groups in total. The number of aliphatic imine (C=N–C) groups is 1. The largest absolute Gasteiger partial charge is 0.382 e. The molecule has 3 aliphatic heterocycles. The number of aromatic nitrogens is 1. The van der Waals surface area contributed by atoms with Crippen molar-refractivity contribution in [3.63, 3.8) is 0 Å². The molecule has 1 aromatic heterocycles. The van der Waals surface area contributed by atoms with Gasteiger partial charge in [0.25, 0.3) is 0 Å². The second-order valence-electron chi connectivity index (χ2n) is 9.81. The number of nitrogens with two attached hydrogens (primary N) is 1. The summed E-state index contributed by atoms with van der Waals surface area (Å²) in [5.41, 5.74) is 11.9. The molecule has 3 aromatic rings. The van der Waals surface area contributed by atoms with Crippen LogP contribution in [0.1, 0.15) is 29.7 Å². The van der Waals surface area contributed by atoms with Crippen LogP contribution in [0.25, 0.3) is 16.6 Å². The van der Waals surface area contributed by atoms with Gasteiger partial charge in [-0.25, -0.2) is 13.4 Å². The van der Waals surface area contributed by atoms with Crippen LogP contribution < -0.4 is 11.1 Å². The molecule has 0 spiro atoms. The minimum Gasteiger partial charge on any atom is -0.382 e. The smallest absolute Gasteiger partial charge is 0.243 e. The van der Waals surface area contributed by atoms with Crippen LogP contribution in [0.2, 0.25) is 0 Å². The van der Waals surface area contributed by atoms with E-state index < -0.39 is 10.0 Å². The van der Waals surface area contributed by atoms with Gasteiger partial charge in [-0.05, 0) is 56.0 Å². The van der Waals surface area contributed by atoms with Gasteiger partial charge in [0.1, 0.15) is 17.7 Å². The van der Waals surface area contributed by atoms with Crippen molar-refractivity contribution in [1.29, 1.82) is 0 Å². The summed E-state index contributed by atoms with van der Waals surface area (Å²) in [5.74, 6) is 0.707. The second kappa shape index (κ2) is 8.53. The van der Waals surface area contributed by atoms with E-state index >= 15 is 0 Å². The molecule has 0 aliphatic carbocycles. The lowest BCUT2D eigenvalue weighted by molar-refractivity contribution is 0.172. The minimum absolute atomic E-state index is 0.0303. The number of nitrogens with one attached hydrogen (secondary N) is 2. The van der Waals surface area contributed by atoms with Crippen LogP contribution >= 0.6 is 0 Å². The number of hydrogen-bond acceptors (Lipinski definition) is 6. The first-order valence-electron chi connectivity index (χ1n) is 12.3. The molecule has 186 valence electrons. The molecule has 1 atom stereocenters. The predicted molar refractivity (Wildman–Crippen MR) is 142 cm³/mol. The Morgan fingerprint density at radius 1 is 1.06 bits per heavy atom. The summed E-state index contributed by atoms with van der Waals surface area (Å²) >= 11 is 0. The highest BCUT2D eigenvalue weighted by Crippen LogP contribution is 2.37. The average molecular weight is 503 g/mol. The summed E-state index contributed by atoms with van der Waals surface area (Å²) < 4.78 is 28.5. The first-order chi connectivity index (χ1) is 17.3. The Bertz CT molecular complexity index is 1510. The third-order valence-electron chi connectivity index (χ3n) is 7.48. The van der Waals surface area contributed by atoms with Gasteiger partial charge in [-0.1, -0.05) is 30.3 Å². The summed E-state index contributed by atoms with van der Waals surface area (Å²) in [5, 5.41) is 4.84. The number of para-hydroxylation sites is 1. The van der Waals surface area contributed by atoms with E-state index in [0.29, 0.717) is 23.8 Å². The highest BCUT2D eigenvalue weighted by molar-refractivity contribution is 7.89. The summed E-state index contributed by atoms with van der Waals surface area (Å²) in [6, 6.07) is 15.9. The van der Waals surface area contributed by atoms with Crippen LogP contribution in [0.4, 0.5) is 0 Å². The number of fused-ring (bicyclic) bond motifs is 2.